The molecule has 0 bridgehead atoms. The van der Waals surface area contributed by atoms with E-state index in [1.807, 2.05) is 30.3 Å². The van der Waals surface area contributed by atoms with Gasteiger partial charge in [0, 0.05) is 27.6 Å². The summed E-state index contributed by atoms with van der Waals surface area (Å²) in [4.78, 5) is 4.67. The lowest BCUT2D eigenvalue weighted by Gasteiger charge is -2.10. The number of fused-ring (bicyclic) bond motifs is 5. The van der Waals surface area contributed by atoms with Gasteiger partial charge in [0.1, 0.15) is 0 Å². The molecule has 0 spiro atoms. The lowest BCUT2D eigenvalue weighted by Crippen LogP contribution is -1.94. The molecule has 50 heavy (non-hydrogen) atoms. The van der Waals surface area contributed by atoms with Crippen LogP contribution in [0, 0.1) is 0 Å². The third-order valence-electron chi connectivity index (χ3n) is 9.76. The van der Waals surface area contributed by atoms with Crippen molar-refractivity contribution in [1.29, 1.82) is 0 Å². The van der Waals surface area contributed by atoms with Crippen LogP contribution in [0.5, 0.6) is 0 Å². The molecule has 4 heteroatoms. The van der Waals surface area contributed by atoms with Crippen molar-refractivity contribution < 1.29 is 4.52 Å². The summed E-state index contributed by atoms with van der Waals surface area (Å²) in [6.45, 7) is 0. The fraction of sp³-hybridized carbons (Fsp3) is 0. The number of benzene rings is 8. The topological polar surface area (TPSA) is 43.9 Å². The van der Waals surface area contributed by atoms with E-state index < -0.39 is 0 Å². The maximum absolute atomic E-state index is 5.67. The van der Waals surface area contributed by atoms with E-state index in [1.165, 1.54) is 54.6 Å². The summed E-state index contributed by atoms with van der Waals surface area (Å²) < 4.78 is 8.03. The Kier molecular flexibility index (Phi) is 6.46. The molecule has 4 nitrogen and oxygen atoms in total. The van der Waals surface area contributed by atoms with Crippen molar-refractivity contribution in [2.45, 2.75) is 0 Å². The van der Waals surface area contributed by atoms with Gasteiger partial charge in [-0.2, -0.15) is 4.98 Å². The molecule has 0 radical (unpaired) electrons. The molecule has 0 aliphatic rings. The van der Waals surface area contributed by atoms with E-state index in [0.29, 0.717) is 11.7 Å². The summed E-state index contributed by atoms with van der Waals surface area (Å²) in [7, 11) is 0. The molecular formula is C46H29N3O. The van der Waals surface area contributed by atoms with Crippen LogP contribution in [-0.2, 0) is 0 Å². The number of rotatable bonds is 5. The van der Waals surface area contributed by atoms with E-state index in [9.17, 15) is 0 Å². The van der Waals surface area contributed by atoms with E-state index >= 15 is 0 Å². The molecule has 2 heterocycles. The Labute approximate surface area is 288 Å². The quantitative estimate of drug-likeness (QED) is 0.188. The lowest BCUT2D eigenvalue weighted by atomic mass is 9.98. The predicted octanol–water partition coefficient (Wildman–Crippen LogP) is 12.1. The van der Waals surface area contributed by atoms with Gasteiger partial charge in [0.2, 0.25) is 5.82 Å². The molecule has 0 N–H and O–H groups in total. The van der Waals surface area contributed by atoms with Crippen molar-refractivity contribution in [3.05, 3.63) is 176 Å². The molecule has 10 rings (SSSR count). The molecule has 0 aliphatic carbocycles. The third-order valence-corrected chi connectivity index (χ3v) is 9.76. The summed E-state index contributed by atoms with van der Waals surface area (Å²) in [5, 5.41) is 11.6. The average molecular weight is 640 g/mol. The highest BCUT2D eigenvalue weighted by Gasteiger charge is 2.16. The van der Waals surface area contributed by atoms with Crippen LogP contribution in [0.2, 0.25) is 0 Å². The van der Waals surface area contributed by atoms with Gasteiger partial charge in [0.25, 0.3) is 5.89 Å². The van der Waals surface area contributed by atoms with Crippen LogP contribution < -0.4 is 0 Å². The van der Waals surface area contributed by atoms with Gasteiger partial charge in [-0.3, -0.25) is 0 Å². The number of aromatic nitrogens is 3. The molecule has 0 saturated heterocycles. The van der Waals surface area contributed by atoms with Gasteiger partial charge in [0.05, 0.1) is 11.0 Å². The average Bonchev–Trinajstić information content (AvgIpc) is 3.81. The van der Waals surface area contributed by atoms with Gasteiger partial charge in [-0.15, -0.1) is 0 Å². The van der Waals surface area contributed by atoms with Crippen molar-refractivity contribution in [2.24, 2.45) is 0 Å². The number of hydrogen-bond acceptors (Lipinski definition) is 3. The van der Waals surface area contributed by atoms with Gasteiger partial charge < -0.3 is 9.09 Å². The normalized spacial score (nSPS) is 11.6. The standard InChI is InChI=1S/C46H29N3O/c1-2-10-32(11-3-1)45-47-46(50-48-45)33-18-22-40(23-19-33)49-43-24-20-38(36-16-14-30-8-4-6-12-34(30)26-36)28-41(43)42-29-39(21-25-44(42)49)37-17-15-31-9-5-7-13-35(31)27-37/h1-29H. The zero-order valence-electron chi connectivity index (χ0n) is 27.0. The van der Waals surface area contributed by atoms with Crippen LogP contribution >= 0.6 is 0 Å². The molecule has 234 valence electrons. The molecule has 10 aromatic rings. The van der Waals surface area contributed by atoms with Crippen LogP contribution in [0.4, 0.5) is 0 Å². The second kappa shape index (κ2) is 11.4. The van der Waals surface area contributed by atoms with Crippen molar-refractivity contribution in [2.75, 3.05) is 0 Å². The summed E-state index contributed by atoms with van der Waals surface area (Å²) >= 11 is 0. The van der Waals surface area contributed by atoms with Crippen LogP contribution in [0.1, 0.15) is 0 Å². The van der Waals surface area contributed by atoms with E-state index in [0.717, 1.165) is 27.8 Å². The number of hydrogen-bond donors (Lipinski definition) is 0. The van der Waals surface area contributed by atoms with Crippen LogP contribution in [0.25, 0.3) is 94.1 Å². The van der Waals surface area contributed by atoms with Crippen molar-refractivity contribution in [1.82, 2.24) is 14.7 Å². The number of nitrogens with zero attached hydrogens (tertiary/aromatic N) is 3. The second-order valence-corrected chi connectivity index (χ2v) is 12.8. The van der Waals surface area contributed by atoms with Crippen LogP contribution in [-0.4, -0.2) is 14.7 Å². The highest BCUT2D eigenvalue weighted by atomic mass is 16.5. The van der Waals surface area contributed by atoms with Crippen LogP contribution in [0.3, 0.4) is 0 Å². The first kappa shape index (κ1) is 28.3. The monoisotopic (exact) mass is 639 g/mol. The molecule has 0 saturated carbocycles. The van der Waals surface area contributed by atoms with Gasteiger partial charge in [-0.1, -0.05) is 120 Å². The fourth-order valence-corrected chi connectivity index (χ4v) is 7.20. The molecule has 2 aromatic heterocycles. The Morgan fingerprint density at radius 1 is 0.380 bits per heavy atom. The minimum absolute atomic E-state index is 0.498. The van der Waals surface area contributed by atoms with Gasteiger partial charge >= 0.3 is 0 Å². The minimum atomic E-state index is 0.498. The van der Waals surface area contributed by atoms with E-state index in [1.54, 1.807) is 0 Å². The highest BCUT2D eigenvalue weighted by molar-refractivity contribution is 6.12. The molecule has 0 aliphatic heterocycles. The van der Waals surface area contributed by atoms with Crippen LogP contribution in [0.15, 0.2) is 180 Å². The molecule has 0 amide bonds. The zero-order chi connectivity index (χ0) is 33.0. The lowest BCUT2D eigenvalue weighted by molar-refractivity contribution is 0.432. The Morgan fingerprint density at radius 3 is 1.44 bits per heavy atom. The Hall–Kier alpha value is -6.78. The first-order chi connectivity index (χ1) is 24.7. The van der Waals surface area contributed by atoms with E-state index in [2.05, 4.69) is 160 Å². The van der Waals surface area contributed by atoms with E-state index in [-0.39, 0.29) is 0 Å². The van der Waals surface area contributed by atoms with Gasteiger partial charge in [-0.25, -0.2) is 0 Å². The molecular weight excluding hydrogens is 611 g/mol. The summed E-state index contributed by atoms with van der Waals surface area (Å²) in [6, 6.07) is 62.5. The SMILES string of the molecule is c1ccc(-c2noc(-c3ccc(-n4c5ccc(-c6ccc7ccccc7c6)cc5c5cc(-c6ccc7ccccc7c6)ccc54)cc3)n2)cc1. The predicted molar refractivity (Wildman–Crippen MR) is 205 cm³/mol. The minimum Gasteiger partial charge on any atom is -0.334 e. The third kappa shape index (κ3) is 4.77. The van der Waals surface area contributed by atoms with Gasteiger partial charge in [0.15, 0.2) is 0 Å². The smallest absolute Gasteiger partial charge is 0.258 e. The fourth-order valence-electron chi connectivity index (χ4n) is 7.20. The Morgan fingerprint density at radius 2 is 0.860 bits per heavy atom. The van der Waals surface area contributed by atoms with Crippen molar-refractivity contribution >= 4 is 43.4 Å². The Balaban J connectivity index is 1.12. The maximum Gasteiger partial charge on any atom is 0.258 e. The zero-order valence-corrected chi connectivity index (χ0v) is 27.0. The van der Waals surface area contributed by atoms with Crippen molar-refractivity contribution in [3.8, 4) is 50.8 Å². The van der Waals surface area contributed by atoms with E-state index in [4.69, 9.17) is 4.52 Å². The summed E-state index contributed by atoms with van der Waals surface area (Å²) in [5.41, 5.74) is 9.96. The first-order valence-electron chi connectivity index (χ1n) is 16.8. The molecule has 8 aromatic carbocycles. The summed E-state index contributed by atoms with van der Waals surface area (Å²) in [6.07, 6.45) is 0. The van der Waals surface area contributed by atoms with Gasteiger partial charge in [-0.05, 0) is 104 Å². The summed E-state index contributed by atoms with van der Waals surface area (Å²) in [5.74, 6) is 1.08. The van der Waals surface area contributed by atoms with Crippen molar-refractivity contribution in [3.63, 3.8) is 0 Å². The first-order valence-corrected chi connectivity index (χ1v) is 16.8. The Bertz CT molecular complexity index is 2730. The molecule has 0 atom stereocenters. The maximum atomic E-state index is 5.67. The highest BCUT2D eigenvalue weighted by Crippen LogP contribution is 2.38. The molecule has 0 unspecified atom stereocenters. The molecule has 0 fully saturated rings. The second-order valence-electron chi connectivity index (χ2n) is 12.8. The largest absolute Gasteiger partial charge is 0.334 e.